The molecule has 3 aliphatic rings. The first-order valence-corrected chi connectivity index (χ1v) is 11.6. The maximum absolute atomic E-state index is 13.0. The van der Waals surface area contributed by atoms with Crippen LogP contribution in [-0.4, -0.2) is 52.4 Å². The summed E-state index contributed by atoms with van der Waals surface area (Å²) in [6, 6.07) is 10.3. The van der Waals surface area contributed by atoms with E-state index in [1.54, 1.807) is 0 Å². The Balaban J connectivity index is 1.31. The van der Waals surface area contributed by atoms with E-state index in [2.05, 4.69) is 20.6 Å². The smallest absolute Gasteiger partial charge is 0.226 e. The zero-order chi connectivity index (χ0) is 21.2. The molecule has 7 nitrogen and oxygen atoms in total. The van der Waals surface area contributed by atoms with Crippen LogP contribution in [0.4, 0.5) is 0 Å². The third kappa shape index (κ3) is 4.68. The normalized spacial score (nSPS) is 29.2. The van der Waals surface area contributed by atoms with Crippen molar-refractivity contribution < 1.29 is 14.6 Å². The summed E-state index contributed by atoms with van der Waals surface area (Å²) in [5, 5.41) is 18.0. The second-order valence-corrected chi connectivity index (χ2v) is 9.22. The number of aliphatic hydroxyl groups excluding tert-OH is 1. The summed E-state index contributed by atoms with van der Waals surface area (Å²) in [6.07, 6.45) is 6.00. The van der Waals surface area contributed by atoms with Crippen LogP contribution in [-0.2, 0) is 16.1 Å². The van der Waals surface area contributed by atoms with E-state index in [9.17, 15) is 9.90 Å². The van der Waals surface area contributed by atoms with E-state index in [-0.39, 0.29) is 17.9 Å². The number of aliphatic hydroxyl groups is 1. The number of ether oxygens (including phenoxy) is 1. The van der Waals surface area contributed by atoms with Gasteiger partial charge in [-0.25, -0.2) is 4.98 Å². The zero-order valence-corrected chi connectivity index (χ0v) is 17.8. The topological polar surface area (TPSA) is 99.3 Å². The van der Waals surface area contributed by atoms with Crippen molar-refractivity contribution in [3.63, 3.8) is 0 Å². The number of nitrogens with one attached hydrogen (secondary N) is 3. The molecule has 0 spiro atoms. The highest BCUT2D eigenvalue weighted by molar-refractivity contribution is 5.80. The summed E-state index contributed by atoms with van der Waals surface area (Å²) in [7, 11) is 0. The zero-order valence-electron chi connectivity index (χ0n) is 17.8. The van der Waals surface area contributed by atoms with Crippen LogP contribution < -0.4 is 10.6 Å². The highest BCUT2D eigenvalue weighted by atomic mass is 16.5. The molecule has 2 aromatic rings. The number of imidazole rings is 1. The predicted molar refractivity (Wildman–Crippen MR) is 116 cm³/mol. The highest BCUT2D eigenvalue weighted by Crippen LogP contribution is 2.42. The average Bonchev–Trinajstić information content (AvgIpc) is 3.45. The lowest BCUT2D eigenvalue weighted by Crippen LogP contribution is -2.43. The lowest BCUT2D eigenvalue weighted by molar-refractivity contribution is -0.127. The van der Waals surface area contributed by atoms with Gasteiger partial charge in [-0.05, 0) is 37.7 Å². The molecule has 31 heavy (non-hydrogen) atoms. The first-order valence-electron chi connectivity index (χ1n) is 11.6. The number of hydrogen-bond acceptors (Lipinski definition) is 5. The first kappa shape index (κ1) is 20.7. The summed E-state index contributed by atoms with van der Waals surface area (Å²) in [5.41, 5.74) is 2.00. The fourth-order valence-electron chi connectivity index (χ4n) is 5.05. The molecular formula is C24H32N4O3. The average molecular weight is 425 g/mol. The monoisotopic (exact) mass is 424 g/mol. The maximum Gasteiger partial charge on any atom is 0.226 e. The van der Waals surface area contributed by atoms with Crippen LogP contribution in [0.15, 0.2) is 36.5 Å². The van der Waals surface area contributed by atoms with Gasteiger partial charge in [0, 0.05) is 55.6 Å². The van der Waals surface area contributed by atoms with Crippen LogP contribution in [0, 0.1) is 5.92 Å². The first-order chi connectivity index (χ1) is 15.2. The van der Waals surface area contributed by atoms with Crippen molar-refractivity contribution in [1.29, 1.82) is 0 Å². The lowest BCUT2D eigenvalue weighted by atomic mass is 9.95. The van der Waals surface area contributed by atoms with Crippen LogP contribution in [0.2, 0.25) is 0 Å². The van der Waals surface area contributed by atoms with E-state index in [1.165, 1.54) is 12.8 Å². The van der Waals surface area contributed by atoms with Gasteiger partial charge in [0.25, 0.3) is 0 Å². The molecule has 2 saturated carbocycles. The van der Waals surface area contributed by atoms with Crippen molar-refractivity contribution in [3.05, 3.63) is 53.6 Å². The number of rotatable bonds is 7. The minimum absolute atomic E-state index is 0.0260. The molecule has 1 aromatic heterocycles. The molecule has 4 atom stereocenters. The van der Waals surface area contributed by atoms with E-state index in [0.717, 1.165) is 43.1 Å². The molecule has 1 amide bonds. The third-order valence-corrected chi connectivity index (χ3v) is 6.98. The molecule has 166 valence electrons. The Kier molecular flexibility index (Phi) is 6.07. The lowest BCUT2D eigenvalue weighted by Gasteiger charge is -2.29. The van der Waals surface area contributed by atoms with Crippen LogP contribution in [0.5, 0.6) is 0 Å². The molecule has 3 fully saturated rings. The highest BCUT2D eigenvalue weighted by Gasteiger charge is 2.48. The van der Waals surface area contributed by atoms with Crippen molar-refractivity contribution in [2.24, 2.45) is 5.92 Å². The Morgan fingerprint density at radius 2 is 1.94 bits per heavy atom. The molecule has 0 unspecified atom stereocenters. The Hall–Kier alpha value is -2.22. The number of carbonyl (C=O) groups excluding carboxylic acids is 1. The minimum atomic E-state index is -0.749. The van der Waals surface area contributed by atoms with Gasteiger partial charge in [0.1, 0.15) is 5.82 Å². The Morgan fingerprint density at radius 1 is 1.16 bits per heavy atom. The van der Waals surface area contributed by atoms with Crippen molar-refractivity contribution in [2.75, 3.05) is 13.2 Å². The molecule has 4 N–H and O–H groups in total. The molecule has 2 heterocycles. The van der Waals surface area contributed by atoms with Crippen LogP contribution in [0.1, 0.15) is 61.0 Å². The van der Waals surface area contributed by atoms with E-state index in [0.29, 0.717) is 24.9 Å². The van der Waals surface area contributed by atoms with E-state index < -0.39 is 12.0 Å². The van der Waals surface area contributed by atoms with Gasteiger partial charge in [-0.2, -0.15) is 0 Å². The van der Waals surface area contributed by atoms with Crippen molar-refractivity contribution >= 4 is 5.91 Å². The van der Waals surface area contributed by atoms with Crippen molar-refractivity contribution in [1.82, 2.24) is 20.6 Å². The SMILES string of the molecule is O=C(NCc1ccccc1)[C@H]1C[C@@H](NC2CCOCC2)[C@H](c2cnc(C3CC3)[nH]2)[C@@H]1O. The van der Waals surface area contributed by atoms with Crippen molar-refractivity contribution in [2.45, 2.75) is 68.7 Å². The van der Waals surface area contributed by atoms with E-state index >= 15 is 0 Å². The fourth-order valence-corrected chi connectivity index (χ4v) is 5.05. The maximum atomic E-state index is 13.0. The van der Waals surface area contributed by atoms with Gasteiger partial charge >= 0.3 is 0 Å². The number of hydrogen-bond donors (Lipinski definition) is 4. The van der Waals surface area contributed by atoms with Gasteiger partial charge in [-0.3, -0.25) is 4.79 Å². The standard InChI is InChI=1S/C24H32N4O3/c29-22-18(24(30)26-13-15-4-2-1-3-5-15)12-19(27-17-8-10-31-11-9-17)21(22)20-14-25-23(28-20)16-6-7-16/h1-5,14,16-19,21-22,27,29H,6-13H2,(H,25,28)(H,26,30)/t18-,19+,21+,22+/m0/s1. The Morgan fingerprint density at radius 3 is 2.68 bits per heavy atom. The number of H-pyrrole nitrogens is 1. The summed E-state index contributed by atoms with van der Waals surface area (Å²) in [4.78, 5) is 21.1. The second kappa shape index (κ2) is 9.10. The van der Waals surface area contributed by atoms with Crippen molar-refractivity contribution in [3.8, 4) is 0 Å². The molecular weight excluding hydrogens is 392 g/mol. The number of amides is 1. The van der Waals surface area contributed by atoms with Crippen LogP contribution in [0.25, 0.3) is 0 Å². The molecule has 0 bridgehead atoms. The summed E-state index contributed by atoms with van der Waals surface area (Å²) >= 11 is 0. The van der Waals surface area contributed by atoms with Gasteiger partial charge in [0.2, 0.25) is 5.91 Å². The number of aromatic amines is 1. The summed E-state index contributed by atoms with van der Waals surface area (Å²) in [6.45, 7) is 1.99. The number of aromatic nitrogens is 2. The molecule has 2 aliphatic carbocycles. The van der Waals surface area contributed by atoms with Gasteiger partial charge in [0.15, 0.2) is 0 Å². The van der Waals surface area contributed by atoms with Gasteiger partial charge in [-0.1, -0.05) is 30.3 Å². The number of benzene rings is 1. The van der Waals surface area contributed by atoms with Crippen LogP contribution in [0.3, 0.4) is 0 Å². The summed E-state index contributed by atoms with van der Waals surface area (Å²) < 4.78 is 5.50. The molecule has 5 rings (SSSR count). The number of carbonyl (C=O) groups is 1. The fraction of sp³-hybridized carbons (Fsp3) is 0.583. The molecule has 7 heteroatoms. The van der Waals surface area contributed by atoms with Gasteiger partial charge in [-0.15, -0.1) is 0 Å². The third-order valence-electron chi connectivity index (χ3n) is 6.98. The molecule has 0 radical (unpaired) electrons. The van der Waals surface area contributed by atoms with Gasteiger partial charge in [0.05, 0.1) is 12.0 Å². The van der Waals surface area contributed by atoms with Gasteiger partial charge < -0.3 is 25.5 Å². The Labute approximate surface area is 183 Å². The van der Waals surface area contributed by atoms with E-state index in [1.807, 2.05) is 36.5 Å². The summed E-state index contributed by atoms with van der Waals surface area (Å²) in [5.74, 6) is 0.844. The van der Waals surface area contributed by atoms with E-state index in [4.69, 9.17) is 4.74 Å². The minimum Gasteiger partial charge on any atom is -0.392 e. The Bertz CT molecular complexity index is 876. The molecule has 1 aromatic carbocycles. The molecule has 1 aliphatic heterocycles. The predicted octanol–water partition coefficient (Wildman–Crippen LogP) is 2.21. The number of nitrogens with zero attached hydrogens (tertiary/aromatic N) is 1. The van der Waals surface area contributed by atoms with Crippen LogP contribution >= 0.6 is 0 Å². The molecule has 1 saturated heterocycles. The second-order valence-electron chi connectivity index (χ2n) is 9.22. The quantitative estimate of drug-likeness (QED) is 0.546. The largest absolute Gasteiger partial charge is 0.392 e.